The summed E-state index contributed by atoms with van der Waals surface area (Å²) in [6, 6.07) is 30.5. The average Bonchev–Trinajstić information content (AvgIpc) is 3.64. The van der Waals surface area contributed by atoms with Gasteiger partial charge in [-0.3, -0.25) is 0 Å². The summed E-state index contributed by atoms with van der Waals surface area (Å²) < 4.78 is 13.8. The lowest BCUT2D eigenvalue weighted by atomic mass is 9.79. The number of allylic oxidation sites excluding steroid dienone is 13. The van der Waals surface area contributed by atoms with E-state index in [-0.39, 0.29) is 11.8 Å². The minimum atomic E-state index is 0.195. The molecule has 2 heterocycles. The summed E-state index contributed by atoms with van der Waals surface area (Å²) in [6.45, 7) is 27.3. The van der Waals surface area contributed by atoms with Crippen LogP contribution in [0.5, 0.6) is 5.75 Å². The van der Waals surface area contributed by atoms with Crippen LogP contribution in [-0.2, 0) is 6.42 Å². The van der Waals surface area contributed by atoms with Crippen LogP contribution >= 0.6 is 0 Å². The van der Waals surface area contributed by atoms with Crippen LogP contribution in [0.3, 0.4) is 0 Å². The van der Waals surface area contributed by atoms with Crippen LogP contribution in [0.15, 0.2) is 203 Å². The number of benzene rings is 5. The summed E-state index contributed by atoms with van der Waals surface area (Å²) in [7, 11) is 0. The number of rotatable bonds is 10. The summed E-state index contributed by atoms with van der Waals surface area (Å²) in [4.78, 5) is 4.71. The highest BCUT2D eigenvalue weighted by Gasteiger charge is 2.32. The number of furan rings is 1. The van der Waals surface area contributed by atoms with Crippen LogP contribution in [0.25, 0.3) is 39.7 Å². The van der Waals surface area contributed by atoms with E-state index in [9.17, 15) is 0 Å². The van der Waals surface area contributed by atoms with Gasteiger partial charge in [0.05, 0.1) is 22.8 Å². The van der Waals surface area contributed by atoms with Crippen LogP contribution in [0, 0.1) is 26.7 Å². The molecule has 4 bridgehead atoms. The van der Waals surface area contributed by atoms with Gasteiger partial charge in [0, 0.05) is 39.7 Å². The van der Waals surface area contributed by atoms with Gasteiger partial charge in [0.1, 0.15) is 17.1 Å². The molecule has 0 N–H and O–H groups in total. The lowest BCUT2D eigenvalue weighted by Crippen LogP contribution is -2.25. The Hall–Kier alpha value is -7.56. The van der Waals surface area contributed by atoms with Crippen LogP contribution < -0.4 is 9.64 Å². The molecule has 4 aliphatic rings. The molecule has 3 aliphatic carbocycles. The van der Waals surface area contributed by atoms with Gasteiger partial charge in [-0.2, -0.15) is 0 Å². The normalized spacial score (nSPS) is 15.5. The van der Waals surface area contributed by atoms with E-state index in [2.05, 4.69) is 204 Å². The Morgan fingerprint density at radius 3 is 2.21 bits per heavy atom. The molecule has 4 nitrogen and oxygen atoms in total. The van der Waals surface area contributed by atoms with Gasteiger partial charge in [-0.25, -0.2) is 0 Å². The predicted molar refractivity (Wildman–Crippen MR) is 288 cm³/mol. The van der Waals surface area contributed by atoms with Crippen LogP contribution in [0.4, 0.5) is 17.1 Å². The third-order valence-electron chi connectivity index (χ3n) is 13.9. The first-order chi connectivity index (χ1) is 32.9. The Balaban J connectivity index is 1.20. The van der Waals surface area contributed by atoms with E-state index < -0.39 is 0 Å². The summed E-state index contributed by atoms with van der Waals surface area (Å²) in [5, 5.41) is 2.24. The predicted octanol–water partition coefficient (Wildman–Crippen LogP) is 17.7. The molecule has 338 valence electrons. The number of anilines is 3. The largest absolute Gasteiger partial charge is 0.458 e. The highest BCUT2D eigenvalue weighted by atomic mass is 16.5. The first-order valence-electron chi connectivity index (χ1n) is 24.1. The zero-order valence-corrected chi connectivity index (χ0v) is 40.7. The van der Waals surface area contributed by atoms with E-state index in [0.717, 1.165) is 96.3 Å². The van der Waals surface area contributed by atoms with Gasteiger partial charge >= 0.3 is 0 Å². The molecule has 10 rings (SSSR count). The zero-order chi connectivity index (χ0) is 47.4. The smallest absolute Gasteiger partial charge is 0.159 e. The maximum Gasteiger partial charge on any atom is 0.159 e. The van der Waals surface area contributed by atoms with E-state index in [1.54, 1.807) is 0 Å². The molecular formula is C64H60N2O2. The van der Waals surface area contributed by atoms with Gasteiger partial charge in [0.25, 0.3) is 0 Å². The van der Waals surface area contributed by atoms with Crippen molar-refractivity contribution in [2.45, 2.75) is 74.1 Å². The van der Waals surface area contributed by atoms with E-state index in [0.29, 0.717) is 6.42 Å². The van der Waals surface area contributed by atoms with Gasteiger partial charge < -0.3 is 19.0 Å². The molecule has 0 fully saturated rings. The van der Waals surface area contributed by atoms with Gasteiger partial charge in [0.15, 0.2) is 5.58 Å². The zero-order valence-electron chi connectivity index (χ0n) is 40.7. The number of aryl methyl sites for hydroxylation is 3. The Bertz CT molecular complexity index is 3400. The topological polar surface area (TPSA) is 28.9 Å². The molecule has 0 saturated heterocycles. The summed E-state index contributed by atoms with van der Waals surface area (Å²) in [5.74, 6) is 2.20. The third kappa shape index (κ3) is 7.68. The van der Waals surface area contributed by atoms with Crippen molar-refractivity contribution in [3.05, 3.63) is 243 Å². The van der Waals surface area contributed by atoms with E-state index in [4.69, 9.17) is 22.3 Å². The van der Waals surface area contributed by atoms with Crippen molar-refractivity contribution < 1.29 is 9.15 Å². The molecule has 0 saturated carbocycles. The number of hydrogen-bond donors (Lipinski definition) is 0. The van der Waals surface area contributed by atoms with Crippen molar-refractivity contribution in [1.29, 1.82) is 0 Å². The van der Waals surface area contributed by atoms with Gasteiger partial charge in [-0.1, -0.05) is 162 Å². The average molecular weight is 889 g/mol. The second-order valence-electron chi connectivity index (χ2n) is 19.1. The number of fused-ring (bicyclic) bond motifs is 8. The summed E-state index contributed by atoms with van der Waals surface area (Å²) in [6.07, 6.45) is 27.8. The summed E-state index contributed by atoms with van der Waals surface area (Å²) >= 11 is 0. The minimum Gasteiger partial charge on any atom is -0.458 e. The Morgan fingerprint density at radius 1 is 0.706 bits per heavy atom. The standard InChI is InChI=1S/C64H60N2O2/c1-11-12-13-23-45(10)65(57-29-18-24-46-36-61(57)67-62-43(8)21-16-25-48(46)62)59-37-53(39(2)3)47-32-34-50-55(35-47)49(33-31-42(59)7)54(40(4)5)38-60(50)66(56-28-15-14-20-41(56)6)58-30-19-27-52-51-26-17-22-44(9)63(51)68-64(52)58/h11-34,37-40H,7,10,35-36H2,1-6,8-9H3/b12-11-,23-13-,33-31?,53-47?,59-37?. The molecule has 4 heteroatoms. The quantitative estimate of drug-likeness (QED) is 0.128. The van der Waals surface area contributed by atoms with Crippen LogP contribution in [-0.4, -0.2) is 4.90 Å². The second-order valence-corrected chi connectivity index (χ2v) is 19.1. The minimum absolute atomic E-state index is 0.195. The van der Waals surface area contributed by atoms with E-state index in [1.807, 2.05) is 19.1 Å². The van der Waals surface area contributed by atoms with Crippen molar-refractivity contribution >= 4 is 56.7 Å². The Labute approximate surface area is 402 Å². The fourth-order valence-electron chi connectivity index (χ4n) is 10.4. The molecule has 0 spiro atoms. The van der Waals surface area contributed by atoms with Crippen LogP contribution in [0.2, 0.25) is 0 Å². The lowest BCUT2D eigenvalue weighted by molar-refractivity contribution is 0.378. The van der Waals surface area contributed by atoms with Gasteiger partial charge in [0.2, 0.25) is 0 Å². The maximum absolute atomic E-state index is 6.93. The van der Waals surface area contributed by atoms with Crippen molar-refractivity contribution in [1.82, 2.24) is 4.90 Å². The first kappa shape index (κ1) is 44.3. The molecule has 68 heavy (non-hydrogen) atoms. The fourth-order valence-corrected chi connectivity index (χ4v) is 10.4. The number of nitrogens with zero attached hydrogens (tertiary/aromatic N) is 2. The maximum atomic E-state index is 6.93. The van der Waals surface area contributed by atoms with Crippen molar-refractivity contribution in [2.24, 2.45) is 5.92 Å². The third-order valence-corrected chi connectivity index (χ3v) is 13.9. The van der Waals surface area contributed by atoms with Crippen LogP contribution in [0.1, 0.15) is 91.5 Å². The Kier molecular flexibility index (Phi) is 11.7. The molecule has 0 unspecified atom stereocenters. The molecule has 1 aromatic heterocycles. The van der Waals surface area contributed by atoms with Crippen molar-refractivity contribution in [2.75, 3.05) is 4.90 Å². The molecule has 5 aromatic carbocycles. The highest BCUT2D eigenvalue weighted by molar-refractivity contribution is 6.11. The highest BCUT2D eigenvalue weighted by Crippen LogP contribution is 2.50. The first-order valence-corrected chi connectivity index (χ1v) is 24.1. The van der Waals surface area contributed by atoms with Crippen molar-refractivity contribution in [3.8, 4) is 5.75 Å². The lowest BCUT2D eigenvalue weighted by Gasteiger charge is -2.35. The van der Waals surface area contributed by atoms with Gasteiger partial charge in [-0.05, 0) is 138 Å². The van der Waals surface area contributed by atoms with Gasteiger partial charge in [-0.15, -0.1) is 0 Å². The molecular weight excluding hydrogens is 829 g/mol. The second kappa shape index (κ2) is 17.9. The monoisotopic (exact) mass is 888 g/mol. The molecule has 1 aliphatic heterocycles. The fraction of sp³-hybridized carbons (Fsp3) is 0.188. The SMILES string of the molecule is C=C1C=Cc2c(C(C)C)cc(N(c3ccccc3C)c3cccc4c3oc3c(C)cccc34)c3c2CC(=C(C(C)C)C=C1N(C(=C)/C=C\C=C/C)C1=C2CC(=CC=C1)c1cccc(C)c1O2)C=C3. The number of para-hydroxylation sites is 4. The molecule has 0 amide bonds. The molecule has 6 aromatic rings. The molecule has 0 radical (unpaired) electrons. The summed E-state index contributed by atoms with van der Waals surface area (Å²) in [5.41, 5.74) is 22.0. The van der Waals surface area contributed by atoms with Crippen molar-refractivity contribution in [3.63, 3.8) is 0 Å². The number of ether oxygens (including phenoxy) is 1. The Morgan fingerprint density at radius 2 is 1.43 bits per heavy atom. The van der Waals surface area contributed by atoms with E-state index in [1.165, 1.54) is 44.5 Å². The molecule has 0 atom stereocenters. The number of hydrogen-bond acceptors (Lipinski definition) is 4. The van der Waals surface area contributed by atoms with E-state index >= 15 is 0 Å².